The summed E-state index contributed by atoms with van der Waals surface area (Å²) in [6.07, 6.45) is -0.597. The number of hydrogen-bond donors (Lipinski definition) is 1. The maximum atomic E-state index is 10.8. The smallest absolute Gasteiger partial charge is 0.105 e. The van der Waals surface area contributed by atoms with E-state index in [1.807, 2.05) is 36.4 Å². The SMILES string of the molecule is CC(C)(C)c1ccc([C@H](O)c2cccc3ccccc23)cc1. The van der Waals surface area contributed by atoms with Crippen molar-refractivity contribution in [3.63, 3.8) is 0 Å². The van der Waals surface area contributed by atoms with Crippen LogP contribution in [0.3, 0.4) is 0 Å². The topological polar surface area (TPSA) is 20.2 Å². The second kappa shape index (κ2) is 5.58. The molecule has 3 aromatic carbocycles. The van der Waals surface area contributed by atoms with E-state index in [1.54, 1.807) is 0 Å². The first-order valence-corrected chi connectivity index (χ1v) is 7.73. The summed E-state index contributed by atoms with van der Waals surface area (Å²) in [5, 5.41) is 13.1. The molecule has 1 N–H and O–H groups in total. The molecule has 0 aliphatic carbocycles. The van der Waals surface area contributed by atoms with Gasteiger partial charge in [0, 0.05) is 0 Å². The van der Waals surface area contributed by atoms with Crippen LogP contribution in [0.5, 0.6) is 0 Å². The van der Waals surface area contributed by atoms with Crippen LogP contribution in [-0.4, -0.2) is 5.11 Å². The average molecular weight is 290 g/mol. The van der Waals surface area contributed by atoms with Gasteiger partial charge in [-0.1, -0.05) is 87.5 Å². The maximum Gasteiger partial charge on any atom is 0.105 e. The van der Waals surface area contributed by atoms with Crippen LogP contribution in [-0.2, 0) is 5.41 Å². The third kappa shape index (κ3) is 2.77. The lowest BCUT2D eigenvalue weighted by molar-refractivity contribution is 0.222. The van der Waals surface area contributed by atoms with Crippen molar-refractivity contribution in [2.24, 2.45) is 0 Å². The van der Waals surface area contributed by atoms with Gasteiger partial charge in [-0.3, -0.25) is 0 Å². The molecular formula is C21H22O. The summed E-state index contributed by atoms with van der Waals surface area (Å²) >= 11 is 0. The lowest BCUT2D eigenvalue weighted by Crippen LogP contribution is -2.11. The number of aliphatic hydroxyl groups is 1. The van der Waals surface area contributed by atoms with Crippen LogP contribution in [0.1, 0.15) is 43.6 Å². The number of fused-ring (bicyclic) bond motifs is 1. The summed E-state index contributed by atoms with van der Waals surface area (Å²) in [6.45, 7) is 6.59. The maximum absolute atomic E-state index is 10.8. The summed E-state index contributed by atoms with van der Waals surface area (Å²) < 4.78 is 0. The van der Waals surface area contributed by atoms with Crippen LogP contribution in [0.2, 0.25) is 0 Å². The molecule has 0 aliphatic heterocycles. The Labute approximate surface area is 132 Å². The zero-order valence-corrected chi connectivity index (χ0v) is 13.4. The monoisotopic (exact) mass is 290 g/mol. The lowest BCUT2D eigenvalue weighted by Gasteiger charge is -2.20. The summed E-state index contributed by atoms with van der Waals surface area (Å²) in [6, 6.07) is 22.6. The Balaban J connectivity index is 2.01. The fourth-order valence-electron chi connectivity index (χ4n) is 2.83. The van der Waals surface area contributed by atoms with Gasteiger partial charge in [-0.15, -0.1) is 0 Å². The minimum atomic E-state index is -0.597. The summed E-state index contributed by atoms with van der Waals surface area (Å²) in [7, 11) is 0. The van der Waals surface area contributed by atoms with E-state index < -0.39 is 6.10 Å². The number of hydrogen-bond acceptors (Lipinski definition) is 1. The van der Waals surface area contributed by atoms with Gasteiger partial charge in [0.05, 0.1) is 0 Å². The minimum absolute atomic E-state index is 0.128. The van der Waals surface area contributed by atoms with Crippen molar-refractivity contribution in [3.05, 3.63) is 83.4 Å². The van der Waals surface area contributed by atoms with Crippen LogP contribution in [0.15, 0.2) is 66.7 Å². The van der Waals surface area contributed by atoms with E-state index >= 15 is 0 Å². The largest absolute Gasteiger partial charge is 0.384 e. The Hall–Kier alpha value is -2.12. The number of aliphatic hydroxyl groups excluding tert-OH is 1. The Morgan fingerprint density at radius 1 is 0.773 bits per heavy atom. The predicted molar refractivity (Wildman–Crippen MR) is 93.2 cm³/mol. The lowest BCUT2D eigenvalue weighted by atomic mass is 9.86. The highest BCUT2D eigenvalue weighted by Crippen LogP contribution is 2.30. The van der Waals surface area contributed by atoms with E-state index in [0.29, 0.717) is 0 Å². The van der Waals surface area contributed by atoms with Crippen LogP contribution in [0.25, 0.3) is 10.8 Å². The van der Waals surface area contributed by atoms with E-state index in [1.165, 1.54) is 5.56 Å². The van der Waals surface area contributed by atoms with Crippen LogP contribution in [0, 0.1) is 0 Å². The molecule has 0 aliphatic rings. The molecule has 22 heavy (non-hydrogen) atoms. The van der Waals surface area contributed by atoms with Crippen molar-refractivity contribution in [3.8, 4) is 0 Å². The molecule has 0 fully saturated rings. The van der Waals surface area contributed by atoms with Gasteiger partial charge in [0.15, 0.2) is 0 Å². The minimum Gasteiger partial charge on any atom is -0.384 e. The first-order chi connectivity index (χ1) is 10.5. The third-order valence-corrected chi connectivity index (χ3v) is 4.21. The molecule has 0 unspecified atom stereocenters. The van der Waals surface area contributed by atoms with Crippen molar-refractivity contribution < 1.29 is 5.11 Å². The molecule has 1 heteroatoms. The van der Waals surface area contributed by atoms with Gasteiger partial charge >= 0.3 is 0 Å². The summed E-state index contributed by atoms with van der Waals surface area (Å²) in [5.74, 6) is 0. The van der Waals surface area contributed by atoms with Gasteiger partial charge in [-0.2, -0.15) is 0 Å². The molecule has 112 valence electrons. The highest BCUT2D eigenvalue weighted by atomic mass is 16.3. The summed E-state index contributed by atoms with van der Waals surface area (Å²) in [4.78, 5) is 0. The van der Waals surface area contributed by atoms with Crippen molar-refractivity contribution in [2.45, 2.75) is 32.3 Å². The normalized spacial score (nSPS) is 13.3. The quantitative estimate of drug-likeness (QED) is 0.686. The molecule has 1 nitrogen and oxygen atoms in total. The molecule has 0 aromatic heterocycles. The Morgan fingerprint density at radius 2 is 1.41 bits per heavy atom. The van der Waals surface area contributed by atoms with Gasteiger partial charge in [0.25, 0.3) is 0 Å². The fraction of sp³-hybridized carbons (Fsp3) is 0.238. The second-order valence-electron chi connectivity index (χ2n) is 6.84. The van der Waals surface area contributed by atoms with Gasteiger partial charge in [0.1, 0.15) is 6.10 Å². The number of rotatable bonds is 2. The van der Waals surface area contributed by atoms with E-state index in [0.717, 1.165) is 21.9 Å². The van der Waals surface area contributed by atoms with Crippen LogP contribution in [0.4, 0.5) is 0 Å². The second-order valence-corrected chi connectivity index (χ2v) is 6.84. The van der Waals surface area contributed by atoms with Gasteiger partial charge in [-0.25, -0.2) is 0 Å². The highest BCUT2D eigenvalue weighted by molar-refractivity contribution is 5.86. The van der Waals surface area contributed by atoms with E-state index in [9.17, 15) is 5.11 Å². The van der Waals surface area contributed by atoms with Gasteiger partial charge in [-0.05, 0) is 32.9 Å². The molecular weight excluding hydrogens is 268 g/mol. The van der Waals surface area contributed by atoms with Gasteiger partial charge in [0.2, 0.25) is 0 Å². The van der Waals surface area contributed by atoms with Crippen molar-refractivity contribution in [2.75, 3.05) is 0 Å². The Kier molecular flexibility index (Phi) is 3.76. The third-order valence-electron chi connectivity index (χ3n) is 4.21. The summed E-state index contributed by atoms with van der Waals surface area (Å²) in [5.41, 5.74) is 3.30. The van der Waals surface area contributed by atoms with Crippen molar-refractivity contribution >= 4 is 10.8 Å². The van der Waals surface area contributed by atoms with Crippen molar-refractivity contribution in [1.82, 2.24) is 0 Å². The van der Waals surface area contributed by atoms with Crippen LogP contribution < -0.4 is 0 Å². The standard InChI is InChI=1S/C21H22O/c1-21(2,3)17-13-11-16(12-14-17)20(22)19-10-6-8-15-7-4-5-9-18(15)19/h4-14,20,22H,1-3H3/t20-/m0/s1. The molecule has 0 saturated carbocycles. The fourth-order valence-corrected chi connectivity index (χ4v) is 2.83. The molecule has 0 bridgehead atoms. The van der Waals surface area contributed by atoms with E-state index in [4.69, 9.17) is 0 Å². The van der Waals surface area contributed by atoms with E-state index in [-0.39, 0.29) is 5.41 Å². The average Bonchev–Trinajstić information content (AvgIpc) is 2.53. The van der Waals surface area contributed by atoms with Crippen molar-refractivity contribution in [1.29, 1.82) is 0 Å². The molecule has 3 aromatic rings. The van der Waals surface area contributed by atoms with E-state index in [2.05, 4.69) is 51.1 Å². The molecule has 1 atom stereocenters. The molecule has 0 saturated heterocycles. The van der Waals surface area contributed by atoms with Gasteiger partial charge < -0.3 is 5.11 Å². The highest BCUT2D eigenvalue weighted by Gasteiger charge is 2.16. The Bertz CT molecular complexity index is 774. The first-order valence-electron chi connectivity index (χ1n) is 7.73. The zero-order valence-electron chi connectivity index (χ0n) is 13.4. The molecule has 0 spiro atoms. The molecule has 0 radical (unpaired) electrons. The molecule has 0 amide bonds. The molecule has 0 heterocycles. The first kappa shape index (κ1) is 14.8. The predicted octanol–water partition coefficient (Wildman–Crippen LogP) is 5.22. The van der Waals surface area contributed by atoms with Crippen LogP contribution >= 0.6 is 0 Å². The molecule has 3 rings (SSSR count). The zero-order chi connectivity index (χ0) is 15.7. The Morgan fingerprint density at radius 3 is 2.09 bits per heavy atom. The number of benzene rings is 3.